The third-order valence-corrected chi connectivity index (χ3v) is 4.38. The number of ether oxygens (including phenoxy) is 1. The van der Waals surface area contributed by atoms with E-state index in [0.29, 0.717) is 24.0 Å². The Morgan fingerprint density at radius 1 is 0.893 bits per heavy atom. The lowest BCUT2D eigenvalue weighted by Gasteiger charge is -2.08. The molecule has 28 heavy (non-hydrogen) atoms. The fourth-order valence-electron chi connectivity index (χ4n) is 2.99. The number of hydrogen-bond acceptors (Lipinski definition) is 5. The van der Waals surface area contributed by atoms with Gasteiger partial charge in [0.15, 0.2) is 5.76 Å². The molecule has 6 heteroatoms. The highest BCUT2D eigenvalue weighted by molar-refractivity contribution is 5.63. The van der Waals surface area contributed by atoms with Crippen LogP contribution >= 0.6 is 0 Å². The van der Waals surface area contributed by atoms with Gasteiger partial charge in [0, 0.05) is 11.8 Å². The van der Waals surface area contributed by atoms with Gasteiger partial charge in [0.25, 0.3) is 5.78 Å². The van der Waals surface area contributed by atoms with Crippen LogP contribution in [0.1, 0.15) is 5.56 Å². The second-order valence-corrected chi connectivity index (χ2v) is 6.25. The van der Waals surface area contributed by atoms with Crippen LogP contribution in [-0.2, 0) is 6.61 Å². The van der Waals surface area contributed by atoms with Gasteiger partial charge in [-0.2, -0.15) is 9.50 Å². The lowest BCUT2D eigenvalue weighted by molar-refractivity contribution is 0.306. The first-order chi connectivity index (χ1) is 13.9. The van der Waals surface area contributed by atoms with Crippen molar-refractivity contribution in [1.29, 1.82) is 0 Å². The fraction of sp³-hybridized carbons (Fsp3) is 0.0455. The third kappa shape index (κ3) is 3.12. The smallest absolute Gasteiger partial charge is 0.253 e. The quantitative estimate of drug-likeness (QED) is 0.452. The molecule has 5 rings (SSSR count). The maximum atomic E-state index is 5.86. The molecule has 0 aliphatic heterocycles. The molecule has 0 unspecified atom stereocenters. The predicted molar refractivity (Wildman–Crippen MR) is 105 cm³/mol. The van der Waals surface area contributed by atoms with Gasteiger partial charge in [-0.3, -0.25) is 0 Å². The summed E-state index contributed by atoms with van der Waals surface area (Å²) >= 11 is 0. The van der Waals surface area contributed by atoms with E-state index in [1.54, 1.807) is 17.0 Å². The maximum Gasteiger partial charge on any atom is 0.253 e. The first-order valence-electron chi connectivity index (χ1n) is 8.90. The summed E-state index contributed by atoms with van der Waals surface area (Å²) in [4.78, 5) is 8.75. The van der Waals surface area contributed by atoms with Gasteiger partial charge in [0.2, 0.25) is 5.82 Å². The zero-order chi connectivity index (χ0) is 18.8. The molecule has 3 aromatic heterocycles. The van der Waals surface area contributed by atoms with Crippen molar-refractivity contribution in [3.05, 3.63) is 90.8 Å². The molecule has 0 radical (unpaired) electrons. The lowest BCUT2D eigenvalue weighted by Crippen LogP contribution is -1.97. The first-order valence-corrected chi connectivity index (χ1v) is 8.90. The Labute approximate surface area is 161 Å². The summed E-state index contributed by atoms with van der Waals surface area (Å²) in [6.45, 7) is 0.537. The Balaban J connectivity index is 1.42. The average molecular weight is 368 g/mol. The molecule has 3 heterocycles. The Morgan fingerprint density at radius 3 is 2.54 bits per heavy atom. The number of fused-ring (bicyclic) bond motifs is 1. The van der Waals surface area contributed by atoms with E-state index in [1.807, 2.05) is 72.8 Å². The van der Waals surface area contributed by atoms with Gasteiger partial charge in [-0.1, -0.05) is 30.3 Å². The van der Waals surface area contributed by atoms with Crippen molar-refractivity contribution >= 4 is 5.78 Å². The van der Waals surface area contributed by atoms with Crippen molar-refractivity contribution in [2.24, 2.45) is 0 Å². The van der Waals surface area contributed by atoms with Crippen molar-refractivity contribution in [2.45, 2.75) is 6.61 Å². The highest BCUT2D eigenvalue weighted by atomic mass is 16.5. The van der Waals surface area contributed by atoms with Gasteiger partial charge in [-0.05, 0) is 48.0 Å². The van der Waals surface area contributed by atoms with Crippen LogP contribution in [0.2, 0.25) is 0 Å². The number of aromatic nitrogens is 4. The summed E-state index contributed by atoms with van der Waals surface area (Å²) in [7, 11) is 0. The molecule has 0 atom stereocenters. The van der Waals surface area contributed by atoms with Crippen molar-refractivity contribution in [3.8, 4) is 28.6 Å². The van der Waals surface area contributed by atoms with E-state index in [9.17, 15) is 0 Å². The molecule has 2 aromatic carbocycles. The molecular weight excluding hydrogens is 352 g/mol. The molecule has 0 saturated heterocycles. The van der Waals surface area contributed by atoms with Crippen molar-refractivity contribution in [3.63, 3.8) is 0 Å². The van der Waals surface area contributed by atoms with Crippen LogP contribution in [0.15, 0.2) is 89.7 Å². The zero-order valence-electron chi connectivity index (χ0n) is 14.9. The number of benzene rings is 2. The summed E-state index contributed by atoms with van der Waals surface area (Å²) in [5, 5.41) is 4.55. The molecule has 6 nitrogen and oxygen atoms in total. The van der Waals surface area contributed by atoms with E-state index in [0.717, 1.165) is 22.6 Å². The standard InChI is InChI=1S/C22H16N4O2/c1-2-5-16(6-3-1)15-28-18-10-8-17(9-11-18)19-12-13-23-22-24-21(25-26(19)22)20-7-4-14-27-20/h1-14H,15H2. The highest BCUT2D eigenvalue weighted by Crippen LogP contribution is 2.24. The highest BCUT2D eigenvalue weighted by Gasteiger charge is 2.13. The normalized spacial score (nSPS) is 11.0. The minimum atomic E-state index is 0.507. The Hall–Kier alpha value is -3.93. The summed E-state index contributed by atoms with van der Waals surface area (Å²) in [5.41, 5.74) is 3.02. The molecule has 0 aliphatic carbocycles. The number of rotatable bonds is 5. The monoisotopic (exact) mass is 368 g/mol. The van der Waals surface area contributed by atoms with Gasteiger partial charge in [-0.15, -0.1) is 5.10 Å². The first kappa shape index (κ1) is 16.3. The minimum Gasteiger partial charge on any atom is -0.489 e. The van der Waals surface area contributed by atoms with E-state index in [1.165, 1.54) is 0 Å². The zero-order valence-corrected chi connectivity index (χ0v) is 14.9. The second kappa shape index (κ2) is 7.00. The third-order valence-electron chi connectivity index (χ3n) is 4.38. The van der Waals surface area contributed by atoms with Crippen LogP contribution < -0.4 is 4.74 Å². The summed E-state index contributed by atoms with van der Waals surface area (Å²) < 4.78 is 13.0. The van der Waals surface area contributed by atoms with Crippen LogP contribution in [0.25, 0.3) is 28.6 Å². The van der Waals surface area contributed by atoms with Gasteiger partial charge in [0.1, 0.15) is 12.4 Å². The molecule has 136 valence electrons. The molecule has 0 spiro atoms. The van der Waals surface area contributed by atoms with E-state index in [2.05, 4.69) is 15.1 Å². The average Bonchev–Trinajstić information content (AvgIpc) is 3.43. The predicted octanol–water partition coefficient (Wildman–Crippen LogP) is 4.63. The van der Waals surface area contributed by atoms with Crippen molar-refractivity contribution in [1.82, 2.24) is 19.6 Å². The molecule has 0 amide bonds. The molecular formula is C22H16N4O2. The Kier molecular flexibility index (Phi) is 4.06. The number of nitrogens with zero attached hydrogens (tertiary/aromatic N) is 4. The van der Waals surface area contributed by atoms with E-state index < -0.39 is 0 Å². The van der Waals surface area contributed by atoms with Gasteiger partial charge in [-0.25, -0.2) is 4.98 Å². The van der Waals surface area contributed by atoms with Crippen molar-refractivity contribution < 1.29 is 9.15 Å². The Bertz CT molecular complexity index is 1200. The number of furan rings is 1. The van der Waals surface area contributed by atoms with E-state index in [4.69, 9.17) is 9.15 Å². The largest absolute Gasteiger partial charge is 0.489 e. The van der Waals surface area contributed by atoms with Crippen molar-refractivity contribution in [2.75, 3.05) is 0 Å². The second-order valence-electron chi connectivity index (χ2n) is 6.25. The van der Waals surface area contributed by atoms with Crippen LogP contribution in [0.3, 0.4) is 0 Å². The van der Waals surface area contributed by atoms with Crippen LogP contribution in [0.4, 0.5) is 0 Å². The number of hydrogen-bond donors (Lipinski definition) is 0. The van der Waals surface area contributed by atoms with Gasteiger partial charge >= 0.3 is 0 Å². The summed E-state index contributed by atoms with van der Waals surface area (Å²) in [6.07, 6.45) is 3.33. The molecule has 0 bridgehead atoms. The van der Waals surface area contributed by atoms with Gasteiger partial charge in [0.05, 0.1) is 12.0 Å². The maximum absolute atomic E-state index is 5.86. The molecule has 0 N–H and O–H groups in total. The molecule has 0 aliphatic rings. The lowest BCUT2D eigenvalue weighted by atomic mass is 10.1. The van der Waals surface area contributed by atoms with Crippen LogP contribution in [0.5, 0.6) is 5.75 Å². The van der Waals surface area contributed by atoms with Gasteiger partial charge < -0.3 is 9.15 Å². The molecule has 0 saturated carbocycles. The van der Waals surface area contributed by atoms with Crippen LogP contribution in [0, 0.1) is 0 Å². The fourth-order valence-corrected chi connectivity index (χ4v) is 2.99. The molecule has 0 fully saturated rings. The van der Waals surface area contributed by atoms with E-state index >= 15 is 0 Å². The van der Waals surface area contributed by atoms with E-state index in [-0.39, 0.29) is 0 Å². The Morgan fingerprint density at radius 2 is 1.75 bits per heavy atom. The molecule has 5 aromatic rings. The van der Waals surface area contributed by atoms with Crippen LogP contribution in [-0.4, -0.2) is 19.6 Å². The topological polar surface area (TPSA) is 65.5 Å². The SMILES string of the molecule is c1ccc(COc2ccc(-c3ccnc4nc(-c5ccco5)nn34)cc2)cc1. The summed E-state index contributed by atoms with van der Waals surface area (Å²) in [6, 6.07) is 23.6. The minimum absolute atomic E-state index is 0.507. The summed E-state index contributed by atoms with van der Waals surface area (Å²) in [5.74, 6) is 2.45.